The largest absolute Gasteiger partial charge is 0.328 e. The van der Waals surface area contributed by atoms with Gasteiger partial charge in [-0.3, -0.25) is 22.5 Å². The van der Waals surface area contributed by atoms with Crippen molar-refractivity contribution in [1.29, 1.82) is 0 Å². The van der Waals surface area contributed by atoms with Crippen LogP contribution in [0.4, 0.5) is 0 Å². The summed E-state index contributed by atoms with van der Waals surface area (Å²) in [5, 5.41) is 1.23. The summed E-state index contributed by atoms with van der Waals surface area (Å²) in [6.07, 6.45) is 12.6. The van der Waals surface area contributed by atoms with Gasteiger partial charge in [-0.05, 0) is 182 Å². The lowest BCUT2D eigenvalue weighted by Crippen LogP contribution is -2.31. The molecule has 0 saturated heterocycles. The molecule has 0 aliphatic carbocycles. The van der Waals surface area contributed by atoms with Gasteiger partial charge in [0.25, 0.3) is 5.82 Å². The van der Waals surface area contributed by atoms with E-state index in [0.29, 0.717) is 0 Å². The van der Waals surface area contributed by atoms with Crippen molar-refractivity contribution in [2.45, 2.75) is 120 Å². The highest BCUT2D eigenvalue weighted by atomic mass is 15.2. The van der Waals surface area contributed by atoms with Crippen LogP contribution in [0.5, 0.6) is 0 Å². The summed E-state index contributed by atoms with van der Waals surface area (Å²) in [4.78, 5) is 28.1. The quantitative estimate of drug-likeness (QED) is 0.161. The lowest BCUT2D eigenvalue weighted by atomic mass is 10.1. The van der Waals surface area contributed by atoms with E-state index >= 15 is 0 Å². The average molecular weight is 1380 g/mol. The monoisotopic (exact) mass is 1380 g/mol. The minimum Gasteiger partial charge on any atom is -0.328 e. The second kappa shape index (κ2) is 28.7. The van der Waals surface area contributed by atoms with Gasteiger partial charge >= 0.3 is 0 Å². The van der Waals surface area contributed by atoms with Crippen molar-refractivity contribution < 1.29 is 4.57 Å². The second-order valence-corrected chi connectivity index (χ2v) is 26.4. The molecule has 0 amide bonds. The number of rotatable bonds is 4. The fourth-order valence-corrected chi connectivity index (χ4v) is 15.0. The van der Waals surface area contributed by atoms with E-state index in [9.17, 15) is 0 Å². The third-order valence-corrected chi connectivity index (χ3v) is 19.8. The number of benzene rings is 5. The molecule has 0 saturated carbocycles. The number of nitrogens with zero attached hydrogens (tertiary/aromatic N) is 17. The van der Waals surface area contributed by atoms with Gasteiger partial charge in [-0.25, -0.2) is 34.5 Å². The molecule has 0 aliphatic heterocycles. The molecular weight excluding hydrogens is 1280 g/mol. The van der Waals surface area contributed by atoms with Gasteiger partial charge < -0.3 is 17.9 Å². The van der Waals surface area contributed by atoms with Crippen molar-refractivity contribution in [1.82, 2.24) is 74.9 Å². The number of imidazole rings is 7. The van der Waals surface area contributed by atoms with E-state index in [2.05, 4.69) is 303 Å². The maximum Gasteiger partial charge on any atom is 0.259 e. The number of hydrogen-bond donors (Lipinski definition) is 0. The first-order valence-electron chi connectivity index (χ1n) is 34.0. The van der Waals surface area contributed by atoms with Gasteiger partial charge in [0.2, 0.25) is 0 Å². The van der Waals surface area contributed by atoms with Crippen molar-refractivity contribution in [3.8, 4) is 22.7 Å². The third-order valence-electron chi connectivity index (χ3n) is 19.8. The molecule has 0 spiro atoms. The number of aromatic nitrogens is 17. The van der Waals surface area contributed by atoms with Crippen LogP contribution in [0.1, 0.15) is 103 Å². The fraction of sp³-hybridized carbons (Fsp3) is 0.230. The Morgan fingerprint density at radius 1 is 0.327 bits per heavy atom. The third kappa shape index (κ3) is 12.0. The maximum atomic E-state index is 4.76. The summed E-state index contributed by atoms with van der Waals surface area (Å²) >= 11 is 0. The standard InChI is InChI=1S/C19H20N3.C18H17N3.2C17H16N4.C12H13N3.4CH4/c1-13-8-7-9-14(2)18(13)22-15(3)20(4)19-16-10-5-6-11-21(16)12-17(19)22;1-12-7-6-8-13(2)17(12)21-14(3)19-15-11-20-10-5-4-9-16(20)18(15)21;1-11-7-6-8-12(2)15(11)21-13(3)18-16-17(21)19-14-9-4-5-10-20(14)16;1-11-7-6-8-12(2)15(11)21-13(3)18-16-17(21)20-10-5-4-9-14(20)19-16;1-8-13-11-9-6-4-5-7-10(9)15(3)12(11)14(8)2;;;;/h5-12H,1-4H3;4-11H,1-3H3;2*4-10H,1-3H3;4-7H,1-3H3;4*1H4/q+1;;;;;;;;. The SMILES string of the molecule is C.C.C.C.Cc1cccc(C)c1-n1c(C)[n+](C)c2c1cn1ccccc21.Cc1cccc(C)c1-n1c(C)nc2c1nc1ccccn12.Cc1cccc(C)c1-n1c(C)nc2cn3ccccc3c21.Cc1cccc(C)c1-n1c(C)nc2nc3ccccn3c21.Cc1nc2c3ccccc3n(C)c2n1C. The van der Waals surface area contributed by atoms with Crippen molar-refractivity contribution in [2.75, 3.05) is 0 Å². The van der Waals surface area contributed by atoms with Crippen LogP contribution in [0.2, 0.25) is 0 Å². The molecule has 530 valence electrons. The van der Waals surface area contributed by atoms with Gasteiger partial charge in [-0.2, -0.15) is 4.57 Å². The Hall–Kier alpha value is -12.1. The molecule has 0 unspecified atom stereocenters. The van der Waals surface area contributed by atoms with E-state index in [4.69, 9.17) is 15.0 Å². The molecule has 0 aliphatic rings. The first-order valence-corrected chi connectivity index (χ1v) is 34.0. The van der Waals surface area contributed by atoms with Gasteiger partial charge in [0, 0.05) is 57.4 Å². The minimum atomic E-state index is 0. The number of pyridine rings is 4. The Kier molecular flexibility index (Phi) is 20.2. The van der Waals surface area contributed by atoms with Gasteiger partial charge in [-0.1, -0.05) is 145 Å². The average Bonchev–Trinajstić information content (AvgIpc) is 1.91. The fourth-order valence-electron chi connectivity index (χ4n) is 15.0. The van der Waals surface area contributed by atoms with E-state index in [1.54, 1.807) is 0 Å². The van der Waals surface area contributed by atoms with Crippen LogP contribution >= 0.6 is 0 Å². The van der Waals surface area contributed by atoms with E-state index in [0.717, 1.165) is 68.2 Å². The lowest BCUT2D eigenvalue weighted by Gasteiger charge is -2.13. The highest BCUT2D eigenvalue weighted by molar-refractivity contribution is 6.05. The predicted molar refractivity (Wildman–Crippen MR) is 433 cm³/mol. The first kappa shape index (κ1) is 73.1. The summed E-state index contributed by atoms with van der Waals surface area (Å²) in [5.74, 6) is 5.25. The molecule has 0 bridgehead atoms. The summed E-state index contributed by atoms with van der Waals surface area (Å²) in [6, 6.07) is 58.6. The van der Waals surface area contributed by atoms with Gasteiger partial charge in [0.1, 0.15) is 57.0 Å². The molecule has 14 heterocycles. The molecule has 14 aromatic heterocycles. The zero-order chi connectivity index (χ0) is 69.7. The summed E-state index contributed by atoms with van der Waals surface area (Å²) in [5.41, 5.74) is 31.2. The number of para-hydroxylation sites is 5. The van der Waals surface area contributed by atoms with Gasteiger partial charge in [0.05, 0.1) is 52.4 Å². The first-order chi connectivity index (χ1) is 48.3. The molecule has 0 fully saturated rings. The smallest absolute Gasteiger partial charge is 0.259 e. The van der Waals surface area contributed by atoms with E-state index in [-0.39, 0.29) is 29.7 Å². The summed E-state index contributed by atoms with van der Waals surface area (Å²) < 4.78 is 24.1. The predicted octanol–water partition coefficient (Wildman–Crippen LogP) is 20.0. The Morgan fingerprint density at radius 3 is 1.37 bits per heavy atom. The van der Waals surface area contributed by atoms with Crippen LogP contribution in [-0.4, -0.2) is 74.9 Å². The second-order valence-electron chi connectivity index (χ2n) is 26.4. The molecule has 104 heavy (non-hydrogen) atoms. The molecule has 0 atom stereocenters. The highest BCUT2D eigenvalue weighted by Gasteiger charge is 2.27. The van der Waals surface area contributed by atoms with Crippen molar-refractivity contribution in [3.63, 3.8) is 0 Å². The normalized spacial score (nSPS) is 11.2. The van der Waals surface area contributed by atoms with Gasteiger partial charge in [0.15, 0.2) is 33.6 Å². The zero-order valence-corrected chi connectivity index (χ0v) is 59.7. The van der Waals surface area contributed by atoms with Crippen LogP contribution in [0.25, 0.3) is 112 Å². The number of fused-ring (bicyclic) bond motifs is 15. The summed E-state index contributed by atoms with van der Waals surface area (Å²) in [6.45, 7) is 27.6. The zero-order valence-electron chi connectivity index (χ0n) is 59.7. The molecule has 0 N–H and O–H groups in total. The van der Waals surface area contributed by atoms with Gasteiger partial charge in [-0.15, -0.1) is 0 Å². The molecule has 0 radical (unpaired) electrons. The van der Waals surface area contributed by atoms with E-state index in [1.807, 2.05) is 80.0 Å². The lowest BCUT2D eigenvalue weighted by molar-refractivity contribution is -0.651. The Labute approximate surface area is 609 Å². The van der Waals surface area contributed by atoms with Crippen LogP contribution < -0.4 is 4.57 Å². The molecule has 17 heteroatoms. The Bertz CT molecular complexity index is 6140. The van der Waals surface area contributed by atoms with Crippen LogP contribution in [0, 0.1) is 90.0 Å². The van der Waals surface area contributed by atoms with Crippen LogP contribution in [0.3, 0.4) is 0 Å². The van der Waals surface area contributed by atoms with E-state index < -0.39 is 0 Å². The van der Waals surface area contributed by atoms with Crippen molar-refractivity contribution >= 4 is 89.1 Å². The minimum absolute atomic E-state index is 0. The summed E-state index contributed by atoms with van der Waals surface area (Å²) in [7, 11) is 6.30. The Morgan fingerprint density at radius 2 is 0.779 bits per heavy atom. The number of aryl methyl sites for hydroxylation is 15. The molecule has 19 aromatic rings. The van der Waals surface area contributed by atoms with E-state index in [1.165, 1.54) is 117 Å². The topological polar surface area (TPSA) is 128 Å². The molecule has 19 rings (SSSR count). The van der Waals surface area contributed by atoms with Crippen LogP contribution in [-0.2, 0) is 21.1 Å². The highest BCUT2D eigenvalue weighted by Crippen LogP contribution is 2.34. The van der Waals surface area contributed by atoms with Crippen molar-refractivity contribution in [3.05, 3.63) is 281 Å². The van der Waals surface area contributed by atoms with Crippen LogP contribution in [0.15, 0.2) is 207 Å². The molecule has 5 aromatic carbocycles. The number of hydrogen-bond acceptors (Lipinski definition) is 6. The Balaban J connectivity index is 0.000000130. The molecule has 17 nitrogen and oxygen atoms in total. The van der Waals surface area contributed by atoms with Crippen molar-refractivity contribution in [2.24, 2.45) is 21.1 Å². The maximum absolute atomic E-state index is 4.76. The molecular formula is C87H98N17+.